The van der Waals surface area contributed by atoms with Crippen molar-refractivity contribution in [3.63, 3.8) is 0 Å². The van der Waals surface area contributed by atoms with Crippen molar-refractivity contribution in [1.29, 1.82) is 0 Å². The maximum Gasteiger partial charge on any atom is 0.115 e. The molecule has 0 bridgehead atoms. The van der Waals surface area contributed by atoms with Crippen molar-refractivity contribution >= 4 is 5.52 Å². The van der Waals surface area contributed by atoms with Gasteiger partial charge in [0.25, 0.3) is 0 Å². The third kappa shape index (κ3) is 0.876. The summed E-state index contributed by atoms with van der Waals surface area (Å²) >= 11 is 0. The van der Waals surface area contributed by atoms with Gasteiger partial charge in [0.05, 0.1) is 11.2 Å². The van der Waals surface area contributed by atoms with Gasteiger partial charge in [-0.25, -0.2) is 4.52 Å². The number of rotatable bonds is 0. The number of pyridine rings is 1. The van der Waals surface area contributed by atoms with Crippen LogP contribution in [-0.2, 0) is 0 Å². The van der Waals surface area contributed by atoms with E-state index in [0.717, 1.165) is 16.9 Å². The molecule has 2 heteroatoms. The summed E-state index contributed by atoms with van der Waals surface area (Å²) in [6, 6.07) is 7.80. The van der Waals surface area contributed by atoms with Crippen LogP contribution in [0.3, 0.4) is 0 Å². The minimum atomic E-state index is 0.792. The minimum Gasteiger partial charge on any atom is -0.225 e. The summed E-state index contributed by atoms with van der Waals surface area (Å²) in [5.41, 5.74) is 2.82. The maximum absolute atomic E-state index is 5.31. The van der Waals surface area contributed by atoms with Gasteiger partial charge in [-0.3, -0.25) is 0 Å². The molecule has 0 aliphatic carbocycles. The van der Waals surface area contributed by atoms with Crippen molar-refractivity contribution in [2.75, 3.05) is 0 Å². The van der Waals surface area contributed by atoms with Crippen LogP contribution < -0.4 is 0 Å². The van der Waals surface area contributed by atoms with Gasteiger partial charge in [-0.1, -0.05) is 12.0 Å². The highest BCUT2D eigenvalue weighted by atomic mass is 15.2. The van der Waals surface area contributed by atoms with Crippen molar-refractivity contribution in [3.8, 4) is 12.3 Å². The van der Waals surface area contributed by atoms with E-state index >= 15 is 0 Å². The molecule has 0 N–H and O–H groups in total. The Balaban J connectivity index is 2.89. The van der Waals surface area contributed by atoms with E-state index in [2.05, 4.69) is 11.0 Å². The first-order valence-electron chi connectivity index (χ1n) is 3.73. The van der Waals surface area contributed by atoms with Gasteiger partial charge >= 0.3 is 0 Å². The lowest BCUT2D eigenvalue weighted by Crippen LogP contribution is -1.92. The first-order valence-corrected chi connectivity index (χ1v) is 3.73. The molecule has 0 spiro atoms. The van der Waals surface area contributed by atoms with Gasteiger partial charge in [0.1, 0.15) is 5.69 Å². The molecular weight excluding hydrogens is 148 g/mol. The first kappa shape index (κ1) is 6.93. The predicted molar refractivity (Wildman–Crippen MR) is 47.9 cm³/mol. The second-order valence-electron chi connectivity index (χ2n) is 2.68. The second kappa shape index (κ2) is 2.38. The van der Waals surface area contributed by atoms with E-state index in [4.69, 9.17) is 6.42 Å². The zero-order valence-corrected chi connectivity index (χ0v) is 6.78. The summed E-state index contributed by atoms with van der Waals surface area (Å²) in [7, 11) is 0. The standard InChI is InChI=1S/C10H8N2/c1-3-9-5-4-6-10-7-8(2)11-12(9)10/h1,4-7H,2H3. The second-order valence-corrected chi connectivity index (χ2v) is 2.68. The Labute approximate surface area is 70.8 Å². The van der Waals surface area contributed by atoms with Crippen LogP contribution in [0.5, 0.6) is 0 Å². The van der Waals surface area contributed by atoms with Crippen LogP contribution in [0.4, 0.5) is 0 Å². The Hall–Kier alpha value is -1.75. The molecule has 2 aromatic heterocycles. The number of nitrogens with zero attached hydrogens (tertiary/aromatic N) is 2. The SMILES string of the molecule is C#Cc1cccc2cc(C)nn12. The third-order valence-electron chi connectivity index (χ3n) is 1.76. The Morgan fingerprint density at radius 1 is 1.50 bits per heavy atom. The topological polar surface area (TPSA) is 17.3 Å². The highest BCUT2D eigenvalue weighted by Gasteiger charge is 1.98. The molecule has 2 nitrogen and oxygen atoms in total. The average Bonchev–Trinajstić information content (AvgIpc) is 2.44. The van der Waals surface area contributed by atoms with Crippen molar-refractivity contribution in [2.45, 2.75) is 6.92 Å². The molecule has 2 heterocycles. The van der Waals surface area contributed by atoms with E-state index in [-0.39, 0.29) is 0 Å². The van der Waals surface area contributed by atoms with Crippen molar-refractivity contribution in [2.24, 2.45) is 0 Å². The Morgan fingerprint density at radius 3 is 3.08 bits per heavy atom. The summed E-state index contributed by atoms with van der Waals surface area (Å²) in [5, 5.41) is 4.26. The smallest absolute Gasteiger partial charge is 0.115 e. The molecule has 0 saturated carbocycles. The zero-order chi connectivity index (χ0) is 8.55. The lowest BCUT2D eigenvalue weighted by molar-refractivity contribution is 0.920. The summed E-state index contributed by atoms with van der Waals surface area (Å²) in [5.74, 6) is 2.58. The molecule has 0 unspecified atom stereocenters. The summed E-state index contributed by atoms with van der Waals surface area (Å²) in [6.07, 6.45) is 5.31. The first-order chi connectivity index (χ1) is 5.81. The van der Waals surface area contributed by atoms with Crippen LogP contribution in [0.1, 0.15) is 11.4 Å². The van der Waals surface area contributed by atoms with E-state index in [1.54, 1.807) is 4.52 Å². The number of fused-ring (bicyclic) bond motifs is 1. The number of aryl methyl sites for hydroxylation is 1. The van der Waals surface area contributed by atoms with Gasteiger partial charge in [0, 0.05) is 0 Å². The van der Waals surface area contributed by atoms with Crippen LogP contribution in [0.15, 0.2) is 24.3 Å². The fourth-order valence-electron chi connectivity index (χ4n) is 1.25. The van der Waals surface area contributed by atoms with Crippen molar-refractivity contribution in [1.82, 2.24) is 9.61 Å². The minimum absolute atomic E-state index is 0.792. The van der Waals surface area contributed by atoms with Crippen LogP contribution in [0.25, 0.3) is 5.52 Å². The van der Waals surface area contributed by atoms with Crippen LogP contribution >= 0.6 is 0 Å². The molecule has 0 amide bonds. The molecule has 2 aromatic rings. The summed E-state index contributed by atoms with van der Waals surface area (Å²) < 4.78 is 1.77. The fraction of sp³-hybridized carbons (Fsp3) is 0.100. The number of hydrogen-bond acceptors (Lipinski definition) is 1. The zero-order valence-electron chi connectivity index (χ0n) is 6.78. The summed E-state index contributed by atoms with van der Waals surface area (Å²) in [4.78, 5) is 0. The lowest BCUT2D eigenvalue weighted by Gasteiger charge is -1.94. The van der Waals surface area contributed by atoms with Gasteiger partial charge in [-0.2, -0.15) is 5.10 Å². The monoisotopic (exact) mass is 156 g/mol. The van der Waals surface area contributed by atoms with E-state index < -0.39 is 0 Å². The molecule has 2 rings (SSSR count). The quantitative estimate of drug-likeness (QED) is 0.530. The Morgan fingerprint density at radius 2 is 2.33 bits per heavy atom. The fourth-order valence-corrected chi connectivity index (χ4v) is 1.25. The van der Waals surface area contributed by atoms with E-state index in [1.807, 2.05) is 31.2 Å². The van der Waals surface area contributed by atoms with Crippen molar-refractivity contribution in [3.05, 3.63) is 35.7 Å². The average molecular weight is 156 g/mol. The van der Waals surface area contributed by atoms with Gasteiger partial charge in [-0.05, 0) is 25.1 Å². The van der Waals surface area contributed by atoms with Crippen molar-refractivity contribution < 1.29 is 0 Å². The highest BCUT2D eigenvalue weighted by molar-refractivity contribution is 5.50. The Kier molecular flexibility index (Phi) is 1.38. The molecule has 0 aliphatic heterocycles. The molecule has 0 atom stereocenters. The maximum atomic E-state index is 5.31. The summed E-state index contributed by atoms with van der Waals surface area (Å²) in [6.45, 7) is 1.95. The molecule has 58 valence electrons. The highest BCUT2D eigenvalue weighted by Crippen LogP contribution is 2.07. The van der Waals surface area contributed by atoms with Crippen LogP contribution in [-0.4, -0.2) is 9.61 Å². The van der Waals surface area contributed by atoms with Crippen LogP contribution in [0.2, 0.25) is 0 Å². The molecular formula is C10H8N2. The van der Waals surface area contributed by atoms with Crippen LogP contribution in [0, 0.1) is 19.3 Å². The Bertz CT molecular complexity index is 460. The van der Waals surface area contributed by atoms with E-state index in [0.29, 0.717) is 0 Å². The van der Waals surface area contributed by atoms with Gasteiger partial charge in [0.15, 0.2) is 0 Å². The van der Waals surface area contributed by atoms with Gasteiger partial charge in [0.2, 0.25) is 0 Å². The molecule has 0 saturated heterocycles. The molecule has 0 radical (unpaired) electrons. The van der Waals surface area contributed by atoms with Gasteiger partial charge < -0.3 is 0 Å². The molecule has 12 heavy (non-hydrogen) atoms. The normalized spacial score (nSPS) is 10.0. The van der Waals surface area contributed by atoms with Gasteiger partial charge in [-0.15, -0.1) is 6.42 Å². The lowest BCUT2D eigenvalue weighted by atomic mass is 10.3. The number of terminal acetylenes is 1. The number of hydrogen-bond donors (Lipinski definition) is 0. The predicted octanol–water partition coefficient (Wildman–Crippen LogP) is 1.62. The van der Waals surface area contributed by atoms with E-state index in [1.165, 1.54) is 0 Å². The molecule has 0 aromatic carbocycles. The number of aromatic nitrogens is 2. The third-order valence-corrected chi connectivity index (χ3v) is 1.76. The molecule has 0 aliphatic rings. The van der Waals surface area contributed by atoms with E-state index in [9.17, 15) is 0 Å². The largest absolute Gasteiger partial charge is 0.225 e. The molecule has 0 fully saturated rings.